The van der Waals surface area contributed by atoms with E-state index in [-0.39, 0.29) is 0 Å². The van der Waals surface area contributed by atoms with E-state index in [9.17, 15) is 9.59 Å². The summed E-state index contributed by atoms with van der Waals surface area (Å²) in [5, 5.41) is 3.40. The summed E-state index contributed by atoms with van der Waals surface area (Å²) in [6, 6.07) is 20.0. The van der Waals surface area contributed by atoms with Crippen LogP contribution in [0.1, 0.15) is 10.4 Å². The lowest BCUT2D eigenvalue weighted by Gasteiger charge is -2.13. The van der Waals surface area contributed by atoms with Crippen molar-refractivity contribution < 1.29 is 14.3 Å². The number of rotatable bonds is 6. The van der Waals surface area contributed by atoms with Crippen molar-refractivity contribution in [1.29, 1.82) is 0 Å². The van der Waals surface area contributed by atoms with E-state index in [0.717, 1.165) is 11.3 Å². The van der Waals surface area contributed by atoms with Crippen LogP contribution in [-0.2, 0) is 9.53 Å². The molecule has 0 aliphatic heterocycles. The van der Waals surface area contributed by atoms with Gasteiger partial charge >= 0.3 is 5.97 Å². The van der Waals surface area contributed by atoms with Gasteiger partial charge in [0.2, 0.25) is 0 Å². The number of amides is 1. The zero-order chi connectivity index (χ0) is 22.5. The summed E-state index contributed by atoms with van der Waals surface area (Å²) in [7, 11) is 3.88. The van der Waals surface area contributed by atoms with Crippen molar-refractivity contribution in [3.8, 4) is 11.3 Å². The number of hydrogen-bond donors (Lipinski definition) is 1. The summed E-state index contributed by atoms with van der Waals surface area (Å²) < 4.78 is 5.32. The molecule has 7 heteroatoms. The predicted octanol–water partition coefficient (Wildman–Crippen LogP) is 4.16. The smallest absolute Gasteiger partial charge is 0.339 e. The van der Waals surface area contributed by atoms with Gasteiger partial charge in [0.25, 0.3) is 5.91 Å². The Morgan fingerprint density at radius 2 is 1.69 bits per heavy atom. The minimum atomic E-state index is -0.586. The first-order valence-corrected chi connectivity index (χ1v) is 10.1. The SMILES string of the molecule is CN(C)c1ccc(NC(=O)COC(=O)c2cc(-c3ccncc3)nc3ccccc23)cc1. The number of ether oxygens (including phenoxy) is 1. The molecule has 0 radical (unpaired) electrons. The second kappa shape index (κ2) is 9.26. The van der Waals surface area contributed by atoms with Crippen molar-refractivity contribution in [3.05, 3.63) is 84.7 Å². The first-order chi connectivity index (χ1) is 15.5. The second-order valence-electron chi connectivity index (χ2n) is 7.37. The summed E-state index contributed by atoms with van der Waals surface area (Å²) in [5.74, 6) is -0.999. The van der Waals surface area contributed by atoms with Crippen molar-refractivity contribution in [1.82, 2.24) is 9.97 Å². The predicted molar refractivity (Wildman–Crippen MR) is 125 cm³/mol. The van der Waals surface area contributed by atoms with Crippen molar-refractivity contribution in [2.75, 3.05) is 30.9 Å². The van der Waals surface area contributed by atoms with Gasteiger partial charge in [0.05, 0.1) is 16.8 Å². The Balaban J connectivity index is 1.50. The van der Waals surface area contributed by atoms with Crippen LogP contribution in [0.3, 0.4) is 0 Å². The molecule has 1 N–H and O–H groups in total. The monoisotopic (exact) mass is 426 g/mol. The number of hydrogen-bond acceptors (Lipinski definition) is 6. The van der Waals surface area contributed by atoms with Gasteiger partial charge < -0.3 is 15.0 Å². The molecule has 0 aliphatic carbocycles. The summed E-state index contributed by atoms with van der Waals surface area (Å²) in [6.45, 7) is -0.393. The average molecular weight is 426 g/mol. The first kappa shape index (κ1) is 21.0. The highest BCUT2D eigenvalue weighted by Crippen LogP contribution is 2.25. The number of aromatic nitrogens is 2. The van der Waals surface area contributed by atoms with E-state index in [4.69, 9.17) is 4.74 Å². The van der Waals surface area contributed by atoms with Crippen molar-refractivity contribution >= 4 is 34.2 Å². The number of nitrogens with one attached hydrogen (secondary N) is 1. The molecule has 0 spiro atoms. The summed E-state index contributed by atoms with van der Waals surface area (Å²) in [4.78, 5) is 35.8. The Morgan fingerprint density at radius 1 is 0.969 bits per heavy atom. The van der Waals surface area contributed by atoms with Crippen LogP contribution < -0.4 is 10.2 Å². The summed E-state index contributed by atoms with van der Waals surface area (Å²) >= 11 is 0. The normalized spacial score (nSPS) is 10.6. The molecule has 2 aromatic carbocycles. The lowest BCUT2D eigenvalue weighted by atomic mass is 10.0. The Morgan fingerprint density at radius 3 is 2.41 bits per heavy atom. The van der Waals surface area contributed by atoms with E-state index in [2.05, 4.69) is 15.3 Å². The quantitative estimate of drug-likeness (QED) is 0.466. The zero-order valence-corrected chi connectivity index (χ0v) is 17.8. The van der Waals surface area contributed by atoms with Crippen molar-refractivity contribution in [2.24, 2.45) is 0 Å². The van der Waals surface area contributed by atoms with Crippen molar-refractivity contribution in [3.63, 3.8) is 0 Å². The molecule has 4 rings (SSSR count). The molecule has 2 heterocycles. The third-order valence-electron chi connectivity index (χ3n) is 4.91. The fourth-order valence-electron chi connectivity index (χ4n) is 3.26. The average Bonchev–Trinajstić information content (AvgIpc) is 2.82. The number of fused-ring (bicyclic) bond motifs is 1. The van der Waals surface area contributed by atoms with Crippen LogP contribution >= 0.6 is 0 Å². The van der Waals surface area contributed by atoms with Gasteiger partial charge in [-0.1, -0.05) is 18.2 Å². The number of esters is 1. The molecule has 0 unspecified atom stereocenters. The van der Waals surface area contributed by atoms with Gasteiger partial charge in [0.15, 0.2) is 6.61 Å². The molecule has 2 aromatic heterocycles. The molecule has 160 valence electrons. The molecule has 7 nitrogen and oxygen atoms in total. The number of benzene rings is 2. The van der Waals surface area contributed by atoms with E-state index < -0.39 is 18.5 Å². The minimum absolute atomic E-state index is 0.352. The number of nitrogens with zero attached hydrogens (tertiary/aromatic N) is 3. The maximum Gasteiger partial charge on any atom is 0.339 e. The molecule has 0 saturated carbocycles. The fraction of sp³-hybridized carbons (Fsp3) is 0.120. The largest absolute Gasteiger partial charge is 0.452 e. The van der Waals surface area contributed by atoms with E-state index in [1.165, 1.54) is 0 Å². The van der Waals surface area contributed by atoms with Crippen molar-refractivity contribution in [2.45, 2.75) is 0 Å². The van der Waals surface area contributed by atoms with Crippen LogP contribution in [0.5, 0.6) is 0 Å². The lowest BCUT2D eigenvalue weighted by molar-refractivity contribution is -0.119. The number of anilines is 2. The van der Waals surface area contributed by atoms with Gasteiger partial charge in [-0.25, -0.2) is 9.78 Å². The van der Waals surface area contributed by atoms with Crippen LogP contribution in [0, 0.1) is 0 Å². The highest BCUT2D eigenvalue weighted by Gasteiger charge is 2.16. The highest BCUT2D eigenvalue weighted by atomic mass is 16.5. The maximum absolute atomic E-state index is 12.9. The Bertz CT molecular complexity index is 1260. The molecule has 0 atom stereocenters. The molecular formula is C25H22N4O3. The van der Waals surface area contributed by atoms with Gasteiger partial charge in [-0.15, -0.1) is 0 Å². The molecule has 0 bridgehead atoms. The van der Waals surface area contributed by atoms with Gasteiger partial charge in [-0.2, -0.15) is 0 Å². The van der Waals surface area contributed by atoms with Crippen LogP contribution in [0.15, 0.2) is 79.1 Å². The number of para-hydroxylation sites is 1. The number of carbonyl (C=O) groups is 2. The standard InChI is InChI=1S/C25H22N4O3/c1-29(2)19-9-7-18(8-10-19)27-24(30)16-32-25(31)21-15-23(17-11-13-26-14-12-17)28-22-6-4-3-5-20(21)22/h3-15H,16H2,1-2H3,(H,27,30). The molecule has 0 fully saturated rings. The lowest BCUT2D eigenvalue weighted by Crippen LogP contribution is -2.21. The number of pyridine rings is 2. The van der Waals surface area contributed by atoms with Gasteiger partial charge in [-0.3, -0.25) is 9.78 Å². The van der Waals surface area contributed by atoms with Crippen LogP contribution in [0.4, 0.5) is 11.4 Å². The topological polar surface area (TPSA) is 84.4 Å². The van der Waals surface area contributed by atoms with Gasteiger partial charge in [-0.05, 0) is 48.5 Å². The zero-order valence-electron chi connectivity index (χ0n) is 17.8. The molecule has 1 amide bonds. The van der Waals surface area contributed by atoms with E-state index in [1.807, 2.05) is 67.5 Å². The third kappa shape index (κ3) is 4.73. The Kier molecular flexibility index (Phi) is 6.07. The molecule has 0 aliphatic rings. The molecule has 4 aromatic rings. The second-order valence-corrected chi connectivity index (χ2v) is 7.37. The molecule has 32 heavy (non-hydrogen) atoms. The van der Waals surface area contributed by atoms with Crippen LogP contribution in [0.2, 0.25) is 0 Å². The van der Waals surface area contributed by atoms with Gasteiger partial charge in [0, 0.05) is 48.8 Å². The van der Waals surface area contributed by atoms with Crippen LogP contribution in [-0.4, -0.2) is 42.5 Å². The fourth-order valence-corrected chi connectivity index (χ4v) is 3.26. The highest BCUT2D eigenvalue weighted by molar-refractivity contribution is 6.05. The van der Waals surface area contributed by atoms with E-state index in [1.54, 1.807) is 30.6 Å². The number of carbonyl (C=O) groups excluding carboxylic acids is 2. The van der Waals surface area contributed by atoms with E-state index in [0.29, 0.717) is 27.8 Å². The first-order valence-electron chi connectivity index (χ1n) is 10.1. The van der Waals surface area contributed by atoms with Gasteiger partial charge in [0.1, 0.15) is 0 Å². The Labute approximate surface area is 185 Å². The summed E-state index contributed by atoms with van der Waals surface area (Å²) in [6.07, 6.45) is 3.33. The molecule has 0 saturated heterocycles. The summed E-state index contributed by atoms with van der Waals surface area (Å²) in [5.41, 5.74) is 4.13. The Hall–Kier alpha value is -4.26. The molecular weight excluding hydrogens is 404 g/mol. The third-order valence-corrected chi connectivity index (χ3v) is 4.91. The maximum atomic E-state index is 12.9. The minimum Gasteiger partial charge on any atom is -0.452 e. The van der Waals surface area contributed by atoms with E-state index >= 15 is 0 Å². The van der Waals surface area contributed by atoms with Crippen LogP contribution in [0.25, 0.3) is 22.2 Å².